The summed E-state index contributed by atoms with van der Waals surface area (Å²) in [5.74, 6) is 0. The fourth-order valence-electron chi connectivity index (χ4n) is 1.59. The summed E-state index contributed by atoms with van der Waals surface area (Å²) in [4.78, 5) is 2.24. The van der Waals surface area contributed by atoms with Crippen LogP contribution in [0.1, 0.15) is 26.3 Å². The summed E-state index contributed by atoms with van der Waals surface area (Å²) < 4.78 is 0. The van der Waals surface area contributed by atoms with Crippen molar-refractivity contribution in [1.82, 2.24) is 4.90 Å². The van der Waals surface area contributed by atoms with E-state index < -0.39 is 0 Å². The molecule has 0 spiro atoms. The van der Waals surface area contributed by atoms with Gasteiger partial charge in [-0.05, 0) is 56.6 Å². The third kappa shape index (κ3) is 3.30. The smallest absolute Gasteiger partial charge is 0.0610 e. The van der Waals surface area contributed by atoms with Gasteiger partial charge < -0.3 is 5.11 Å². The second-order valence-electron chi connectivity index (χ2n) is 4.77. The molecule has 1 rings (SSSR count). The Morgan fingerprint density at radius 3 is 2.67 bits per heavy atom. The van der Waals surface area contributed by atoms with Crippen molar-refractivity contribution in [2.75, 3.05) is 13.7 Å². The van der Waals surface area contributed by atoms with E-state index in [9.17, 15) is 5.11 Å². The highest BCUT2D eigenvalue weighted by Crippen LogP contribution is 2.18. The van der Waals surface area contributed by atoms with Gasteiger partial charge in [-0.3, -0.25) is 4.90 Å². The van der Waals surface area contributed by atoms with Gasteiger partial charge in [-0.25, -0.2) is 0 Å². The van der Waals surface area contributed by atoms with Gasteiger partial charge in [-0.2, -0.15) is 11.3 Å². The first-order chi connectivity index (χ1) is 6.97. The lowest BCUT2D eigenvalue weighted by atomic mass is 10.00. The van der Waals surface area contributed by atoms with Crippen LogP contribution in [-0.2, 0) is 6.42 Å². The number of aliphatic hydroxyl groups is 1. The minimum absolute atomic E-state index is 0.143. The Bertz CT molecular complexity index is 282. The first-order valence-electron chi connectivity index (χ1n) is 5.32. The van der Waals surface area contributed by atoms with Crippen molar-refractivity contribution in [2.24, 2.45) is 0 Å². The topological polar surface area (TPSA) is 23.5 Å². The molecule has 0 aliphatic carbocycles. The van der Waals surface area contributed by atoms with E-state index in [1.54, 1.807) is 11.3 Å². The molecule has 0 aromatic carbocycles. The molecule has 0 amide bonds. The second-order valence-corrected chi connectivity index (χ2v) is 5.55. The standard InChI is InChI=1S/C12H21NOS/c1-10(7-11-5-6-15-8-11)13(4)12(2,3)9-14/h5-6,8,10,14H,7,9H2,1-4H3. The van der Waals surface area contributed by atoms with Gasteiger partial charge in [0.2, 0.25) is 0 Å². The summed E-state index contributed by atoms with van der Waals surface area (Å²) in [5, 5.41) is 13.6. The van der Waals surface area contributed by atoms with E-state index >= 15 is 0 Å². The van der Waals surface area contributed by atoms with Crippen LogP contribution in [-0.4, -0.2) is 35.2 Å². The Balaban J connectivity index is 2.57. The second kappa shape index (κ2) is 5.10. The summed E-state index contributed by atoms with van der Waals surface area (Å²) in [6, 6.07) is 2.61. The number of thiophene rings is 1. The molecule has 2 nitrogen and oxygen atoms in total. The molecule has 0 saturated carbocycles. The molecule has 15 heavy (non-hydrogen) atoms. The van der Waals surface area contributed by atoms with Crippen LogP contribution in [0.15, 0.2) is 16.8 Å². The molecular weight excluding hydrogens is 206 g/mol. The van der Waals surface area contributed by atoms with Crippen molar-refractivity contribution < 1.29 is 5.11 Å². The molecule has 0 radical (unpaired) electrons. The molecule has 1 atom stereocenters. The number of hydrogen-bond donors (Lipinski definition) is 1. The Morgan fingerprint density at radius 2 is 2.20 bits per heavy atom. The zero-order valence-electron chi connectivity index (χ0n) is 10.0. The number of likely N-dealkylation sites (N-methyl/N-ethyl adjacent to an activating group) is 1. The van der Waals surface area contributed by atoms with Crippen molar-refractivity contribution in [3.8, 4) is 0 Å². The van der Waals surface area contributed by atoms with E-state index in [4.69, 9.17) is 0 Å². The average molecular weight is 227 g/mol. The maximum Gasteiger partial charge on any atom is 0.0610 e. The minimum atomic E-state index is -0.143. The molecule has 1 heterocycles. The third-order valence-corrected chi connectivity index (χ3v) is 3.85. The van der Waals surface area contributed by atoms with Gasteiger partial charge in [0.15, 0.2) is 0 Å². The maximum absolute atomic E-state index is 9.30. The fourth-order valence-corrected chi connectivity index (χ4v) is 2.28. The minimum Gasteiger partial charge on any atom is -0.394 e. The molecule has 0 fully saturated rings. The summed E-state index contributed by atoms with van der Waals surface area (Å²) in [7, 11) is 2.08. The van der Waals surface area contributed by atoms with E-state index in [2.05, 4.69) is 49.5 Å². The average Bonchev–Trinajstić information content (AvgIpc) is 2.69. The first kappa shape index (κ1) is 12.7. The van der Waals surface area contributed by atoms with Crippen molar-refractivity contribution in [1.29, 1.82) is 0 Å². The highest BCUT2D eigenvalue weighted by molar-refractivity contribution is 7.07. The Morgan fingerprint density at radius 1 is 1.53 bits per heavy atom. The largest absolute Gasteiger partial charge is 0.394 e. The highest BCUT2D eigenvalue weighted by atomic mass is 32.1. The van der Waals surface area contributed by atoms with Gasteiger partial charge >= 0.3 is 0 Å². The van der Waals surface area contributed by atoms with Crippen LogP contribution >= 0.6 is 11.3 Å². The number of hydrogen-bond acceptors (Lipinski definition) is 3. The fraction of sp³-hybridized carbons (Fsp3) is 0.667. The van der Waals surface area contributed by atoms with Crippen molar-refractivity contribution in [2.45, 2.75) is 38.8 Å². The lowest BCUT2D eigenvalue weighted by molar-refractivity contribution is 0.0507. The summed E-state index contributed by atoms with van der Waals surface area (Å²) >= 11 is 1.74. The quantitative estimate of drug-likeness (QED) is 0.835. The molecule has 0 bridgehead atoms. The lowest BCUT2D eigenvalue weighted by Gasteiger charge is -2.38. The lowest BCUT2D eigenvalue weighted by Crippen LogP contribution is -2.49. The van der Waals surface area contributed by atoms with Crippen molar-refractivity contribution in [3.05, 3.63) is 22.4 Å². The molecular formula is C12H21NOS. The number of aliphatic hydroxyl groups excluding tert-OH is 1. The van der Waals surface area contributed by atoms with E-state index in [0.717, 1.165) is 6.42 Å². The Labute approximate surface area is 96.5 Å². The van der Waals surface area contributed by atoms with Gasteiger partial charge in [0.25, 0.3) is 0 Å². The molecule has 0 aliphatic heterocycles. The van der Waals surface area contributed by atoms with E-state index in [1.807, 2.05) is 0 Å². The Hall–Kier alpha value is -0.380. The molecule has 1 aromatic heterocycles. The molecule has 1 aromatic rings. The molecule has 1 unspecified atom stereocenters. The predicted octanol–water partition coefficient (Wildman–Crippen LogP) is 2.38. The van der Waals surface area contributed by atoms with Crippen LogP contribution in [0.4, 0.5) is 0 Å². The van der Waals surface area contributed by atoms with Crippen LogP contribution in [0, 0.1) is 0 Å². The predicted molar refractivity (Wildman–Crippen MR) is 66.4 cm³/mol. The van der Waals surface area contributed by atoms with Crippen LogP contribution in [0.3, 0.4) is 0 Å². The molecule has 3 heteroatoms. The van der Waals surface area contributed by atoms with E-state index in [-0.39, 0.29) is 12.1 Å². The summed E-state index contributed by atoms with van der Waals surface area (Å²) in [5.41, 5.74) is 1.24. The Kier molecular flexibility index (Phi) is 4.32. The van der Waals surface area contributed by atoms with Gasteiger partial charge in [0.05, 0.1) is 6.61 Å². The highest BCUT2D eigenvalue weighted by Gasteiger charge is 2.26. The molecule has 1 N–H and O–H groups in total. The molecule has 0 aliphatic rings. The zero-order chi connectivity index (χ0) is 11.5. The normalized spacial score (nSPS) is 14.5. The SMILES string of the molecule is CC(Cc1ccsc1)N(C)C(C)(C)CO. The van der Waals surface area contributed by atoms with Gasteiger partial charge in [0.1, 0.15) is 0 Å². The van der Waals surface area contributed by atoms with Gasteiger partial charge in [0, 0.05) is 11.6 Å². The monoisotopic (exact) mass is 227 g/mol. The van der Waals surface area contributed by atoms with Crippen molar-refractivity contribution in [3.63, 3.8) is 0 Å². The maximum atomic E-state index is 9.30. The summed E-state index contributed by atoms with van der Waals surface area (Å²) in [6.07, 6.45) is 1.05. The zero-order valence-corrected chi connectivity index (χ0v) is 10.8. The third-order valence-electron chi connectivity index (χ3n) is 3.11. The van der Waals surface area contributed by atoms with E-state index in [0.29, 0.717) is 6.04 Å². The van der Waals surface area contributed by atoms with Crippen LogP contribution < -0.4 is 0 Å². The van der Waals surface area contributed by atoms with Crippen LogP contribution in [0.5, 0.6) is 0 Å². The first-order valence-corrected chi connectivity index (χ1v) is 6.26. The number of nitrogens with zero attached hydrogens (tertiary/aromatic N) is 1. The molecule has 0 saturated heterocycles. The van der Waals surface area contributed by atoms with Crippen LogP contribution in [0.2, 0.25) is 0 Å². The van der Waals surface area contributed by atoms with E-state index in [1.165, 1.54) is 5.56 Å². The number of rotatable bonds is 5. The van der Waals surface area contributed by atoms with Gasteiger partial charge in [-0.1, -0.05) is 0 Å². The van der Waals surface area contributed by atoms with Gasteiger partial charge in [-0.15, -0.1) is 0 Å². The summed E-state index contributed by atoms with van der Waals surface area (Å²) in [6.45, 7) is 6.53. The van der Waals surface area contributed by atoms with Crippen molar-refractivity contribution >= 4 is 11.3 Å². The van der Waals surface area contributed by atoms with Crippen LogP contribution in [0.25, 0.3) is 0 Å². The molecule has 86 valence electrons.